The highest BCUT2D eigenvalue weighted by Crippen LogP contribution is 2.21. The van der Waals surface area contributed by atoms with Gasteiger partial charge in [-0.15, -0.1) is 0 Å². The van der Waals surface area contributed by atoms with Crippen LogP contribution in [-0.2, 0) is 22.6 Å². The number of fused-ring (bicyclic) bond motifs is 1. The van der Waals surface area contributed by atoms with Crippen molar-refractivity contribution in [1.29, 1.82) is 0 Å². The largest absolute Gasteiger partial charge is 0.380 e. The monoisotopic (exact) mass is 306 g/mol. The third-order valence-electron chi connectivity index (χ3n) is 4.83. The fourth-order valence-electron chi connectivity index (χ4n) is 3.50. The van der Waals surface area contributed by atoms with Gasteiger partial charge in [0.25, 0.3) is 5.91 Å². The van der Waals surface area contributed by atoms with Crippen molar-refractivity contribution in [2.75, 3.05) is 46.1 Å². The van der Waals surface area contributed by atoms with E-state index in [9.17, 15) is 4.79 Å². The molecule has 0 aromatic carbocycles. The van der Waals surface area contributed by atoms with Crippen molar-refractivity contribution < 1.29 is 14.3 Å². The second-order valence-electron chi connectivity index (χ2n) is 6.10. The maximum Gasteiger partial charge on any atom is 0.272 e. The summed E-state index contributed by atoms with van der Waals surface area (Å²) in [6.07, 6.45) is 2.84. The maximum atomic E-state index is 12.6. The Morgan fingerprint density at radius 1 is 1.14 bits per heavy atom. The van der Waals surface area contributed by atoms with E-state index in [2.05, 4.69) is 14.5 Å². The first kappa shape index (κ1) is 14.2. The molecule has 1 amide bonds. The Morgan fingerprint density at radius 3 is 2.77 bits per heavy atom. The number of nitrogens with zero attached hydrogens (tertiary/aromatic N) is 4. The molecule has 4 rings (SSSR count). The van der Waals surface area contributed by atoms with E-state index in [0.717, 1.165) is 50.8 Å². The molecule has 3 aliphatic heterocycles. The highest BCUT2D eigenvalue weighted by Gasteiger charge is 2.30. The number of carbonyl (C=O) groups excluding carboxylic acids is 1. The fourth-order valence-corrected chi connectivity index (χ4v) is 3.50. The highest BCUT2D eigenvalue weighted by molar-refractivity contribution is 5.92. The molecule has 2 saturated heterocycles. The molecule has 0 bridgehead atoms. The lowest BCUT2D eigenvalue weighted by molar-refractivity contribution is 0.0293. The molecular weight excluding hydrogens is 284 g/mol. The second-order valence-corrected chi connectivity index (χ2v) is 6.10. The Hall–Kier alpha value is -1.44. The lowest BCUT2D eigenvalue weighted by Crippen LogP contribution is -2.44. The van der Waals surface area contributed by atoms with Crippen LogP contribution >= 0.6 is 0 Å². The number of carbonyl (C=O) groups is 1. The minimum atomic E-state index is 0.0831. The van der Waals surface area contributed by atoms with Crippen molar-refractivity contribution in [2.24, 2.45) is 0 Å². The Bertz CT molecular complexity index is 547. The molecule has 0 radical (unpaired) electrons. The summed E-state index contributed by atoms with van der Waals surface area (Å²) >= 11 is 0. The standard InChI is InChI=1S/C15H22N4O3/c20-15(17-4-7-21-8-5-17)13-9-16-14-10-18(2-3-19(13)14)12-1-6-22-11-12/h9,12H,1-8,10-11H2/t12-/m0/s1. The highest BCUT2D eigenvalue weighted by atomic mass is 16.5. The summed E-state index contributed by atoms with van der Waals surface area (Å²) in [4.78, 5) is 21.4. The number of hydrogen-bond donors (Lipinski definition) is 0. The van der Waals surface area contributed by atoms with Crippen LogP contribution < -0.4 is 0 Å². The van der Waals surface area contributed by atoms with Gasteiger partial charge in [0, 0.05) is 38.8 Å². The lowest BCUT2D eigenvalue weighted by atomic mass is 10.2. The van der Waals surface area contributed by atoms with Crippen LogP contribution in [-0.4, -0.2) is 77.4 Å². The Kier molecular flexibility index (Phi) is 3.85. The van der Waals surface area contributed by atoms with Crippen LogP contribution in [0, 0.1) is 0 Å². The summed E-state index contributed by atoms with van der Waals surface area (Å²) in [6, 6.07) is 0.504. The molecule has 0 aliphatic carbocycles. The minimum Gasteiger partial charge on any atom is -0.380 e. The first-order valence-electron chi connectivity index (χ1n) is 8.06. The summed E-state index contributed by atoms with van der Waals surface area (Å²) in [5.74, 6) is 1.08. The van der Waals surface area contributed by atoms with Gasteiger partial charge in [-0.25, -0.2) is 4.98 Å². The van der Waals surface area contributed by atoms with Gasteiger partial charge < -0.3 is 18.9 Å². The zero-order valence-corrected chi connectivity index (χ0v) is 12.7. The molecule has 4 heterocycles. The van der Waals surface area contributed by atoms with E-state index < -0.39 is 0 Å². The van der Waals surface area contributed by atoms with Crippen molar-refractivity contribution >= 4 is 5.91 Å². The molecule has 0 saturated carbocycles. The molecule has 2 fully saturated rings. The number of hydrogen-bond acceptors (Lipinski definition) is 5. The Morgan fingerprint density at radius 2 is 2.00 bits per heavy atom. The van der Waals surface area contributed by atoms with Gasteiger partial charge in [0.15, 0.2) is 0 Å². The van der Waals surface area contributed by atoms with Crippen LogP contribution in [0.5, 0.6) is 0 Å². The molecule has 0 N–H and O–H groups in total. The first-order valence-corrected chi connectivity index (χ1v) is 8.06. The number of rotatable bonds is 2. The number of morpholine rings is 1. The van der Waals surface area contributed by atoms with Crippen LogP contribution in [0.1, 0.15) is 22.7 Å². The van der Waals surface area contributed by atoms with Crippen LogP contribution in [0.15, 0.2) is 6.20 Å². The molecule has 0 spiro atoms. The third kappa shape index (κ3) is 2.53. The summed E-state index contributed by atoms with van der Waals surface area (Å²) in [6.45, 7) is 6.87. The molecule has 7 heteroatoms. The number of imidazole rings is 1. The predicted molar refractivity (Wildman–Crippen MR) is 78.6 cm³/mol. The summed E-state index contributed by atoms with van der Waals surface area (Å²) in [7, 11) is 0. The minimum absolute atomic E-state index is 0.0831. The number of ether oxygens (including phenoxy) is 2. The summed E-state index contributed by atoms with van der Waals surface area (Å²) in [5, 5.41) is 0. The Labute approximate surface area is 129 Å². The van der Waals surface area contributed by atoms with Crippen molar-refractivity contribution in [3.8, 4) is 0 Å². The molecule has 1 atom stereocenters. The maximum absolute atomic E-state index is 12.6. The van der Waals surface area contributed by atoms with E-state index in [1.807, 2.05) is 4.90 Å². The molecule has 120 valence electrons. The molecule has 1 aromatic heterocycles. The average molecular weight is 306 g/mol. The first-order chi connectivity index (χ1) is 10.8. The average Bonchev–Trinajstić information content (AvgIpc) is 3.24. The van der Waals surface area contributed by atoms with Crippen LogP contribution in [0.4, 0.5) is 0 Å². The number of aromatic nitrogens is 2. The zero-order chi connectivity index (χ0) is 14.9. The van der Waals surface area contributed by atoms with Gasteiger partial charge in [-0.1, -0.05) is 0 Å². The molecule has 22 heavy (non-hydrogen) atoms. The second kappa shape index (κ2) is 5.98. The molecular formula is C15H22N4O3. The smallest absolute Gasteiger partial charge is 0.272 e. The molecule has 1 aromatic rings. The topological polar surface area (TPSA) is 59.8 Å². The van der Waals surface area contributed by atoms with E-state index in [1.165, 1.54) is 0 Å². The van der Waals surface area contributed by atoms with Crippen LogP contribution in [0.25, 0.3) is 0 Å². The van der Waals surface area contributed by atoms with Gasteiger partial charge >= 0.3 is 0 Å². The van der Waals surface area contributed by atoms with Gasteiger partial charge in [0.05, 0.1) is 32.6 Å². The normalized spacial score (nSPS) is 26.2. The van der Waals surface area contributed by atoms with Gasteiger partial charge in [-0.05, 0) is 6.42 Å². The Balaban J connectivity index is 1.49. The van der Waals surface area contributed by atoms with Crippen LogP contribution in [0.2, 0.25) is 0 Å². The van der Waals surface area contributed by atoms with E-state index >= 15 is 0 Å². The molecule has 0 unspecified atom stereocenters. The quantitative estimate of drug-likeness (QED) is 0.767. The van der Waals surface area contributed by atoms with E-state index in [1.54, 1.807) is 6.20 Å². The van der Waals surface area contributed by atoms with Gasteiger partial charge in [0.2, 0.25) is 0 Å². The van der Waals surface area contributed by atoms with Crippen molar-refractivity contribution in [3.63, 3.8) is 0 Å². The van der Waals surface area contributed by atoms with Crippen molar-refractivity contribution in [2.45, 2.75) is 25.6 Å². The van der Waals surface area contributed by atoms with E-state index in [0.29, 0.717) is 32.3 Å². The zero-order valence-electron chi connectivity index (χ0n) is 12.7. The van der Waals surface area contributed by atoms with E-state index in [4.69, 9.17) is 9.47 Å². The third-order valence-corrected chi connectivity index (χ3v) is 4.83. The lowest BCUT2D eigenvalue weighted by Gasteiger charge is -2.33. The summed E-state index contributed by atoms with van der Waals surface area (Å²) < 4.78 is 12.9. The van der Waals surface area contributed by atoms with Gasteiger partial charge in [-0.2, -0.15) is 0 Å². The number of amides is 1. The van der Waals surface area contributed by atoms with Crippen molar-refractivity contribution in [1.82, 2.24) is 19.4 Å². The SMILES string of the molecule is O=C(c1cnc2n1CCN([C@H]1CCOC1)C2)N1CCOCC1. The van der Waals surface area contributed by atoms with E-state index in [-0.39, 0.29) is 5.91 Å². The van der Waals surface area contributed by atoms with Gasteiger partial charge in [-0.3, -0.25) is 9.69 Å². The predicted octanol–water partition coefficient (Wildman–Crippen LogP) is -0.0400. The van der Waals surface area contributed by atoms with Crippen LogP contribution in [0.3, 0.4) is 0 Å². The fraction of sp³-hybridized carbons (Fsp3) is 0.733. The molecule has 7 nitrogen and oxygen atoms in total. The van der Waals surface area contributed by atoms with Gasteiger partial charge in [0.1, 0.15) is 11.5 Å². The molecule has 3 aliphatic rings. The summed E-state index contributed by atoms with van der Waals surface area (Å²) in [5.41, 5.74) is 0.722. The van der Waals surface area contributed by atoms with Crippen molar-refractivity contribution in [3.05, 3.63) is 17.7 Å².